The summed E-state index contributed by atoms with van der Waals surface area (Å²) < 4.78 is 68.1. The van der Waals surface area contributed by atoms with E-state index in [0.717, 1.165) is 109 Å². The van der Waals surface area contributed by atoms with Gasteiger partial charge in [0.1, 0.15) is 19.3 Å². The lowest BCUT2D eigenvalue weighted by atomic mass is 10.0. The van der Waals surface area contributed by atoms with Gasteiger partial charge in [-0.25, -0.2) is 9.13 Å². The Kier molecular flexibility index (Phi) is 60.8. The van der Waals surface area contributed by atoms with Crippen LogP contribution >= 0.6 is 15.6 Å². The van der Waals surface area contributed by atoms with E-state index in [1.54, 1.807) is 0 Å². The Labute approximate surface area is 543 Å². The molecule has 0 aliphatic carbocycles. The minimum Gasteiger partial charge on any atom is -0.462 e. The zero-order valence-corrected chi connectivity index (χ0v) is 59.5. The molecule has 0 aliphatic heterocycles. The number of carbonyl (C=O) groups excluding carboxylic acids is 4. The summed E-state index contributed by atoms with van der Waals surface area (Å²) in [6.45, 7) is 9.37. The number of hydrogen-bond donors (Lipinski definition) is 3. The average molecular weight is 1310 g/mol. The van der Waals surface area contributed by atoms with Gasteiger partial charge in [0, 0.05) is 25.7 Å². The lowest BCUT2D eigenvalue weighted by Gasteiger charge is -2.21. The van der Waals surface area contributed by atoms with Crippen LogP contribution in [0.15, 0.2) is 0 Å². The molecule has 528 valence electrons. The number of rotatable bonds is 69. The molecule has 0 rings (SSSR count). The smallest absolute Gasteiger partial charge is 0.462 e. The van der Waals surface area contributed by atoms with Gasteiger partial charge in [0.2, 0.25) is 0 Å². The van der Waals surface area contributed by atoms with Crippen molar-refractivity contribution in [2.75, 3.05) is 39.6 Å². The first-order valence-corrected chi connectivity index (χ1v) is 39.5. The van der Waals surface area contributed by atoms with Gasteiger partial charge in [-0.1, -0.05) is 305 Å². The van der Waals surface area contributed by atoms with Gasteiger partial charge in [0.25, 0.3) is 0 Å². The molecule has 0 aromatic rings. The van der Waals surface area contributed by atoms with Crippen LogP contribution in [-0.4, -0.2) is 96.7 Å². The minimum absolute atomic E-state index is 0.103. The molecule has 17 nitrogen and oxygen atoms in total. The van der Waals surface area contributed by atoms with Gasteiger partial charge in [-0.2, -0.15) is 0 Å². The normalized spacial score (nSPS) is 14.1. The molecule has 0 aliphatic rings. The quantitative estimate of drug-likeness (QED) is 0.0222. The highest BCUT2D eigenvalue weighted by Gasteiger charge is 2.30. The Hall–Kier alpha value is -1.94. The van der Waals surface area contributed by atoms with Gasteiger partial charge >= 0.3 is 39.5 Å². The molecule has 0 heterocycles. The summed E-state index contributed by atoms with van der Waals surface area (Å²) in [6, 6.07) is 0. The summed E-state index contributed by atoms with van der Waals surface area (Å²) >= 11 is 0. The van der Waals surface area contributed by atoms with Gasteiger partial charge in [-0.3, -0.25) is 37.3 Å². The SMILES string of the molecule is CCCCCCCCCCCCCCCCCCCCCCCCC(=O)O[C@H](COC(=O)CCCCCCCCCC(C)C)COP(=O)(O)OC[C@@H](O)COP(=O)(O)OC[C@@H](COC(=O)CCCCCCCCC)OC(=O)CCCCCCCCCC(C)C. The average Bonchev–Trinajstić information content (AvgIpc) is 3.49. The highest BCUT2D eigenvalue weighted by molar-refractivity contribution is 7.47. The number of ether oxygens (including phenoxy) is 4. The molecule has 0 saturated heterocycles. The van der Waals surface area contributed by atoms with Crippen LogP contribution in [-0.2, 0) is 65.4 Å². The van der Waals surface area contributed by atoms with Crippen molar-refractivity contribution in [1.82, 2.24) is 0 Å². The predicted molar refractivity (Wildman–Crippen MR) is 358 cm³/mol. The lowest BCUT2D eigenvalue weighted by Crippen LogP contribution is -2.30. The summed E-state index contributed by atoms with van der Waals surface area (Å²) in [5.41, 5.74) is 0. The fourth-order valence-corrected chi connectivity index (χ4v) is 12.2. The first-order valence-electron chi connectivity index (χ1n) is 36.5. The molecular weight excluding hydrogens is 1170 g/mol. The van der Waals surface area contributed by atoms with Gasteiger partial charge < -0.3 is 33.8 Å². The summed E-state index contributed by atoms with van der Waals surface area (Å²) in [5.74, 6) is -0.734. The van der Waals surface area contributed by atoms with Crippen LogP contribution in [0.2, 0.25) is 0 Å². The van der Waals surface area contributed by atoms with Crippen molar-refractivity contribution in [2.45, 2.75) is 374 Å². The topological polar surface area (TPSA) is 237 Å². The molecule has 0 amide bonds. The Morgan fingerprint density at radius 2 is 0.517 bits per heavy atom. The maximum Gasteiger partial charge on any atom is 0.472 e. The molecule has 0 saturated carbocycles. The first-order chi connectivity index (χ1) is 42.9. The number of unbranched alkanes of at least 4 members (excludes halogenated alkanes) is 39. The number of carbonyl (C=O) groups is 4. The van der Waals surface area contributed by atoms with E-state index in [0.29, 0.717) is 37.5 Å². The summed E-state index contributed by atoms with van der Waals surface area (Å²) in [5, 5.41) is 10.6. The third-order valence-electron chi connectivity index (χ3n) is 16.2. The predicted octanol–water partition coefficient (Wildman–Crippen LogP) is 20.0. The summed E-state index contributed by atoms with van der Waals surface area (Å²) in [7, 11) is -9.89. The number of phosphoric ester groups is 2. The minimum atomic E-state index is -4.95. The van der Waals surface area contributed by atoms with E-state index in [2.05, 4.69) is 41.5 Å². The Morgan fingerprint density at radius 3 is 0.764 bits per heavy atom. The maximum atomic E-state index is 13.0. The molecule has 0 aromatic heterocycles. The fourth-order valence-electron chi connectivity index (χ4n) is 10.6. The monoisotopic (exact) mass is 1310 g/mol. The molecular formula is C70H136O17P2. The molecule has 19 heteroatoms. The van der Waals surface area contributed by atoms with Crippen LogP contribution < -0.4 is 0 Å². The third-order valence-corrected chi connectivity index (χ3v) is 18.1. The second-order valence-electron chi connectivity index (χ2n) is 26.2. The lowest BCUT2D eigenvalue weighted by molar-refractivity contribution is -0.161. The van der Waals surface area contributed by atoms with Crippen molar-refractivity contribution < 1.29 is 80.2 Å². The first kappa shape index (κ1) is 87.1. The largest absolute Gasteiger partial charge is 0.472 e. The number of aliphatic hydroxyl groups excluding tert-OH is 1. The number of aliphatic hydroxyl groups is 1. The highest BCUT2D eigenvalue weighted by atomic mass is 31.2. The van der Waals surface area contributed by atoms with Crippen molar-refractivity contribution >= 4 is 39.5 Å². The standard InChI is InChI=1S/C70H136O17P2/c1-7-9-11-13-15-16-17-18-19-20-21-22-23-24-25-26-27-28-29-35-42-48-54-69(74)86-66(59-81-68(73)53-47-41-36-30-33-38-44-50-62(3)4)61-85-89(78,79)83-57-64(71)56-82-88(76,77)84-60-65(58-80-67(72)52-46-40-32-14-12-10-8-2)87-70(75)55-49-43-37-31-34-39-45-51-63(5)6/h62-66,71H,7-61H2,1-6H3,(H,76,77)(H,78,79)/t64-,65+,66+/m0/s1. The molecule has 5 atom stereocenters. The zero-order chi connectivity index (χ0) is 65.7. The zero-order valence-electron chi connectivity index (χ0n) is 57.7. The van der Waals surface area contributed by atoms with Crippen LogP contribution in [0.5, 0.6) is 0 Å². The van der Waals surface area contributed by atoms with Crippen LogP contribution in [0.4, 0.5) is 0 Å². The van der Waals surface area contributed by atoms with Crippen LogP contribution in [0, 0.1) is 11.8 Å². The molecule has 2 unspecified atom stereocenters. The third kappa shape index (κ3) is 64.6. The van der Waals surface area contributed by atoms with Crippen molar-refractivity contribution in [3.63, 3.8) is 0 Å². The van der Waals surface area contributed by atoms with Crippen molar-refractivity contribution in [1.29, 1.82) is 0 Å². The van der Waals surface area contributed by atoms with Gasteiger partial charge in [-0.15, -0.1) is 0 Å². The van der Waals surface area contributed by atoms with E-state index < -0.39 is 97.5 Å². The number of hydrogen-bond acceptors (Lipinski definition) is 15. The summed E-state index contributed by atoms with van der Waals surface area (Å²) in [6.07, 6.45) is 47.8. The molecule has 0 bridgehead atoms. The van der Waals surface area contributed by atoms with Crippen molar-refractivity contribution in [3.8, 4) is 0 Å². The second kappa shape index (κ2) is 62.2. The van der Waals surface area contributed by atoms with Crippen LogP contribution in [0.3, 0.4) is 0 Å². The fraction of sp³-hybridized carbons (Fsp3) is 0.943. The van der Waals surface area contributed by atoms with E-state index in [4.69, 9.17) is 37.0 Å². The van der Waals surface area contributed by atoms with Crippen LogP contribution in [0.1, 0.15) is 356 Å². The van der Waals surface area contributed by atoms with Gasteiger partial charge in [0.15, 0.2) is 12.2 Å². The van der Waals surface area contributed by atoms with Gasteiger partial charge in [-0.05, 0) is 37.5 Å². The summed E-state index contributed by atoms with van der Waals surface area (Å²) in [4.78, 5) is 72.3. The van der Waals surface area contributed by atoms with Gasteiger partial charge in [0.05, 0.1) is 26.4 Å². The van der Waals surface area contributed by atoms with Crippen LogP contribution in [0.25, 0.3) is 0 Å². The van der Waals surface area contributed by atoms with Crippen molar-refractivity contribution in [2.24, 2.45) is 11.8 Å². The van der Waals surface area contributed by atoms with E-state index in [-0.39, 0.29) is 25.7 Å². The molecule has 0 radical (unpaired) electrons. The molecule has 0 spiro atoms. The highest BCUT2D eigenvalue weighted by Crippen LogP contribution is 2.45. The van der Waals surface area contributed by atoms with E-state index in [1.165, 1.54) is 154 Å². The number of phosphoric acid groups is 2. The molecule has 0 fully saturated rings. The van der Waals surface area contributed by atoms with E-state index in [9.17, 15) is 43.2 Å². The molecule has 0 aromatic carbocycles. The second-order valence-corrected chi connectivity index (χ2v) is 29.1. The number of esters is 4. The van der Waals surface area contributed by atoms with E-state index >= 15 is 0 Å². The molecule has 89 heavy (non-hydrogen) atoms. The van der Waals surface area contributed by atoms with E-state index in [1.807, 2.05) is 0 Å². The van der Waals surface area contributed by atoms with Crippen molar-refractivity contribution in [3.05, 3.63) is 0 Å². The maximum absolute atomic E-state index is 13.0. The Balaban J connectivity index is 5.09. The molecule has 3 N–H and O–H groups in total. The Bertz CT molecular complexity index is 1730. The Morgan fingerprint density at radius 1 is 0.303 bits per heavy atom.